The van der Waals surface area contributed by atoms with E-state index in [0.29, 0.717) is 6.54 Å². The molecule has 0 saturated carbocycles. The van der Waals surface area contributed by atoms with E-state index in [0.717, 1.165) is 37.5 Å². The molecule has 1 fully saturated rings. The summed E-state index contributed by atoms with van der Waals surface area (Å²) < 4.78 is 5.23. The largest absolute Gasteiger partial charge is 0.497 e. The monoisotopic (exact) mass is 404 g/mol. The number of amides is 1. The van der Waals surface area contributed by atoms with Crippen molar-refractivity contribution in [3.05, 3.63) is 72.3 Å². The van der Waals surface area contributed by atoms with Gasteiger partial charge in [-0.05, 0) is 53.6 Å². The third kappa shape index (κ3) is 4.74. The fourth-order valence-corrected chi connectivity index (χ4v) is 4.13. The summed E-state index contributed by atoms with van der Waals surface area (Å²) in [6, 6.07) is 22.9. The number of hydrogen-bond acceptors (Lipinski definition) is 3. The molecule has 1 heterocycles. The molecule has 0 unspecified atom stereocenters. The SMILES string of the molecule is COc1ccc(N2CC[NH+](CC(=O)N[C@@H](C)c3ccc4ccccc4c3)CC2)cc1. The van der Waals surface area contributed by atoms with Crippen LogP contribution in [0, 0.1) is 0 Å². The molecule has 5 heteroatoms. The smallest absolute Gasteiger partial charge is 0.275 e. The van der Waals surface area contributed by atoms with Crippen molar-refractivity contribution in [1.29, 1.82) is 0 Å². The van der Waals surface area contributed by atoms with Crippen molar-refractivity contribution < 1.29 is 14.4 Å². The van der Waals surface area contributed by atoms with E-state index >= 15 is 0 Å². The lowest BCUT2D eigenvalue weighted by molar-refractivity contribution is -0.892. The molecule has 1 atom stereocenters. The zero-order valence-electron chi connectivity index (χ0n) is 17.7. The molecular formula is C25H30N3O2+. The van der Waals surface area contributed by atoms with Gasteiger partial charge in [0.05, 0.1) is 39.3 Å². The Morgan fingerprint density at radius 3 is 2.43 bits per heavy atom. The molecular weight excluding hydrogens is 374 g/mol. The fourth-order valence-electron chi connectivity index (χ4n) is 4.13. The minimum absolute atomic E-state index is 0.00194. The van der Waals surface area contributed by atoms with E-state index < -0.39 is 0 Å². The van der Waals surface area contributed by atoms with Crippen molar-refractivity contribution in [2.75, 3.05) is 44.7 Å². The number of hydrogen-bond donors (Lipinski definition) is 2. The van der Waals surface area contributed by atoms with E-state index in [2.05, 4.69) is 59.6 Å². The maximum atomic E-state index is 12.6. The lowest BCUT2D eigenvalue weighted by Crippen LogP contribution is -3.15. The zero-order chi connectivity index (χ0) is 20.9. The molecule has 3 aromatic rings. The van der Waals surface area contributed by atoms with Crippen LogP contribution in [0.2, 0.25) is 0 Å². The van der Waals surface area contributed by atoms with Gasteiger partial charge in [0.15, 0.2) is 6.54 Å². The van der Waals surface area contributed by atoms with Crippen molar-refractivity contribution in [3.63, 3.8) is 0 Å². The molecule has 156 valence electrons. The van der Waals surface area contributed by atoms with Gasteiger partial charge in [-0.2, -0.15) is 0 Å². The number of quaternary nitrogens is 1. The number of benzene rings is 3. The van der Waals surface area contributed by atoms with Gasteiger partial charge in [-0.3, -0.25) is 4.79 Å². The van der Waals surface area contributed by atoms with E-state index in [9.17, 15) is 4.79 Å². The van der Waals surface area contributed by atoms with Crippen LogP contribution in [0.5, 0.6) is 5.75 Å². The first-order valence-electron chi connectivity index (χ1n) is 10.6. The first-order chi connectivity index (χ1) is 14.6. The molecule has 0 radical (unpaired) electrons. The highest BCUT2D eigenvalue weighted by atomic mass is 16.5. The highest BCUT2D eigenvalue weighted by Crippen LogP contribution is 2.20. The average Bonchev–Trinajstić information content (AvgIpc) is 2.79. The number of nitrogens with one attached hydrogen (secondary N) is 2. The van der Waals surface area contributed by atoms with E-state index in [-0.39, 0.29) is 11.9 Å². The predicted molar refractivity (Wildman–Crippen MR) is 121 cm³/mol. The van der Waals surface area contributed by atoms with Gasteiger partial charge in [-0.1, -0.05) is 36.4 Å². The van der Waals surface area contributed by atoms with Gasteiger partial charge in [-0.25, -0.2) is 0 Å². The second-order valence-electron chi connectivity index (χ2n) is 8.01. The standard InChI is InChI=1S/C25H29N3O2/c1-19(21-8-7-20-5-3-4-6-22(20)17-21)26-25(29)18-27-13-15-28(16-14-27)23-9-11-24(30-2)12-10-23/h3-12,17,19H,13-16,18H2,1-2H3,(H,26,29)/p+1/t19-/m0/s1. The van der Waals surface area contributed by atoms with E-state index in [1.54, 1.807) is 7.11 Å². The Kier molecular flexibility index (Phi) is 6.19. The number of nitrogens with zero attached hydrogens (tertiary/aromatic N) is 1. The summed E-state index contributed by atoms with van der Waals surface area (Å²) in [4.78, 5) is 16.3. The molecule has 2 N–H and O–H groups in total. The molecule has 1 aliphatic rings. The molecule has 0 bridgehead atoms. The Labute approximate surface area is 178 Å². The van der Waals surface area contributed by atoms with Crippen LogP contribution < -0.4 is 19.9 Å². The Balaban J connectivity index is 1.27. The van der Waals surface area contributed by atoms with Gasteiger partial charge >= 0.3 is 0 Å². The number of piperazine rings is 1. The zero-order valence-corrected chi connectivity index (χ0v) is 17.7. The van der Waals surface area contributed by atoms with Gasteiger partial charge in [0.1, 0.15) is 5.75 Å². The van der Waals surface area contributed by atoms with Crippen molar-refractivity contribution >= 4 is 22.4 Å². The molecule has 1 amide bonds. The van der Waals surface area contributed by atoms with E-state index in [1.165, 1.54) is 21.4 Å². The number of fused-ring (bicyclic) bond motifs is 1. The molecule has 4 rings (SSSR count). The normalized spacial score (nSPS) is 15.7. The summed E-state index contributed by atoms with van der Waals surface area (Å²) in [6.45, 7) is 6.41. The first kappa shape index (κ1) is 20.2. The Morgan fingerprint density at radius 2 is 1.73 bits per heavy atom. The van der Waals surface area contributed by atoms with Gasteiger partial charge < -0.3 is 19.9 Å². The maximum absolute atomic E-state index is 12.6. The molecule has 30 heavy (non-hydrogen) atoms. The topological polar surface area (TPSA) is 46.0 Å². The Hall–Kier alpha value is -3.05. The molecule has 1 saturated heterocycles. The van der Waals surface area contributed by atoms with Crippen LogP contribution in [-0.4, -0.2) is 45.7 Å². The van der Waals surface area contributed by atoms with Gasteiger partial charge in [-0.15, -0.1) is 0 Å². The quantitative estimate of drug-likeness (QED) is 0.663. The van der Waals surface area contributed by atoms with Crippen molar-refractivity contribution in [2.24, 2.45) is 0 Å². The van der Waals surface area contributed by atoms with Crippen molar-refractivity contribution in [3.8, 4) is 5.75 Å². The number of ether oxygens (including phenoxy) is 1. The third-order valence-electron chi connectivity index (χ3n) is 5.97. The van der Waals surface area contributed by atoms with Crippen LogP contribution >= 0.6 is 0 Å². The lowest BCUT2D eigenvalue weighted by Gasteiger charge is -2.33. The van der Waals surface area contributed by atoms with Crippen LogP contribution in [0.3, 0.4) is 0 Å². The minimum Gasteiger partial charge on any atom is -0.497 e. The van der Waals surface area contributed by atoms with Gasteiger partial charge in [0.25, 0.3) is 5.91 Å². The van der Waals surface area contributed by atoms with E-state index in [4.69, 9.17) is 4.74 Å². The number of methoxy groups -OCH3 is 1. The fraction of sp³-hybridized carbons (Fsp3) is 0.320. The van der Waals surface area contributed by atoms with Crippen LogP contribution in [0.15, 0.2) is 66.7 Å². The second-order valence-corrected chi connectivity index (χ2v) is 8.01. The van der Waals surface area contributed by atoms with Crippen LogP contribution in [0.4, 0.5) is 5.69 Å². The lowest BCUT2D eigenvalue weighted by atomic mass is 10.0. The van der Waals surface area contributed by atoms with Gasteiger partial charge in [0.2, 0.25) is 0 Å². The van der Waals surface area contributed by atoms with E-state index in [1.807, 2.05) is 24.3 Å². The third-order valence-corrected chi connectivity index (χ3v) is 5.97. The minimum atomic E-state index is 0.00194. The summed E-state index contributed by atoms with van der Waals surface area (Å²) in [5.41, 5.74) is 2.35. The summed E-state index contributed by atoms with van der Waals surface area (Å²) >= 11 is 0. The molecule has 0 aliphatic carbocycles. The van der Waals surface area contributed by atoms with Crippen molar-refractivity contribution in [2.45, 2.75) is 13.0 Å². The maximum Gasteiger partial charge on any atom is 0.275 e. The van der Waals surface area contributed by atoms with Crippen LogP contribution in [-0.2, 0) is 4.79 Å². The summed E-state index contributed by atoms with van der Waals surface area (Å²) in [5, 5.41) is 5.60. The molecule has 0 spiro atoms. The highest BCUT2D eigenvalue weighted by molar-refractivity contribution is 5.83. The number of carbonyl (C=O) groups excluding carboxylic acids is 1. The molecule has 0 aromatic heterocycles. The highest BCUT2D eigenvalue weighted by Gasteiger charge is 2.23. The average molecular weight is 405 g/mol. The van der Waals surface area contributed by atoms with Crippen molar-refractivity contribution in [1.82, 2.24) is 5.32 Å². The van der Waals surface area contributed by atoms with Crippen LogP contribution in [0.25, 0.3) is 10.8 Å². The number of carbonyl (C=O) groups is 1. The molecule has 1 aliphatic heterocycles. The Morgan fingerprint density at radius 1 is 1.03 bits per heavy atom. The van der Waals surface area contributed by atoms with Gasteiger partial charge in [0, 0.05) is 5.69 Å². The number of rotatable bonds is 6. The summed E-state index contributed by atoms with van der Waals surface area (Å²) in [5.74, 6) is 0.990. The predicted octanol–water partition coefficient (Wildman–Crippen LogP) is 2.43. The van der Waals surface area contributed by atoms with Crippen LogP contribution in [0.1, 0.15) is 18.5 Å². The molecule has 5 nitrogen and oxygen atoms in total. The molecule has 3 aromatic carbocycles. The number of anilines is 1. The summed E-state index contributed by atoms with van der Waals surface area (Å²) in [6.07, 6.45) is 0. The first-order valence-corrected chi connectivity index (χ1v) is 10.6. The Bertz CT molecular complexity index is 995. The second kappa shape index (κ2) is 9.18. The summed E-state index contributed by atoms with van der Waals surface area (Å²) in [7, 11) is 1.68.